The maximum absolute atomic E-state index is 10.1. The first-order valence-electron chi connectivity index (χ1n) is 2.85. The summed E-state index contributed by atoms with van der Waals surface area (Å²) >= 11 is 0. The van der Waals surface area contributed by atoms with Crippen LogP contribution in [0.3, 0.4) is 0 Å². The maximum Gasteiger partial charge on any atom is 0.218 e. The van der Waals surface area contributed by atoms with Crippen LogP contribution in [0.4, 0.5) is 0 Å². The van der Waals surface area contributed by atoms with Gasteiger partial charge >= 0.3 is 0 Å². The van der Waals surface area contributed by atoms with Gasteiger partial charge in [0.05, 0.1) is 0 Å². The Morgan fingerprint density at radius 3 is 1.67 bits per heavy atom. The molecule has 3 heteroatoms. The van der Waals surface area contributed by atoms with Crippen molar-refractivity contribution in [2.45, 2.75) is 13.8 Å². The van der Waals surface area contributed by atoms with Crippen LogP contribution < -0.4 is 0 Å². The molecule has 0 atom stereocenters. The molecule has 0 aromatic rings. The van der Waals surface area contributed by atoms with E-state index in [1.54, 1.807) is 21.0 Å². The molecule has 0 aromatic heterocycles. The Bertz CT molecular complexity index is 71.5. The summed E-state index contributed by atoms with van der Waals surface area (Å²) in [6.07, 6.45) is 0. The van der Waals surface area contributed by atoms with Gasteiger partial charge in [-0.05, 0) is 6.92 Å². The smallest absolute Gasteiger partial charge is 0.218 e. The second kappa shape index (κ2) is 7.43. The van der Waals surface area contributed by atoms with Gasteiger partial charge in [0.25, 0.3) is 0 Å². The zero-order valence-corrected chi connectivity index (χ0v) is 6.51. The van der Waals surface area contributed by atoms with Crippen LogP contribution in [0.25, 0.3) is 0 Å². The quantitative estimate of drug-likeness (QED) is 0.509. The van der Waals surface area contributed by atoms with Crippen molar-refractivity contribution in [1.29, 1.82) is 0 Å². The summed E-state index contributed by atoms with van der Waals surface area (Å²) in [6.45, 7) is 3.46. The molecule has 0 spiro atoms. The molecular weight excluding hydrogens is 118 g/mol. The predicted molar refractivity (Wildman–Crippen MR) is 37.1 cm³/mol. The minimum absolute atomic E-state index is 0.0926. The highest BCUT2D eigenvalue weighted by atomic mass is 16.2. The standard InChI is InChI=1S/C4H9NO.C2H6O/c1-4(6)5(2)3;1-2-3/h1-3H3;3H,2H2,1H3. The van der Waals surface area contributed by atoms with E-state index < -0.39 is 0 Å². The fourth-order valence-electron chi connectivity index (χ4n) is 0. The molecule has 1 N–H and O–H groups in total. The number of hydrogen-bond donors (Lipinski definition) is 1. The molecule has 9 heavy (non-hydrogen) atoms. The van der Waals surface area contributed by atoms with Crippen molar-refractivity contribution in [3.8, 4) is 0 Å². The Labute approximate surface area is 56.3 Å². The predicted octanol–water partition coefficient (Wildman–Crippen LogP) is 0.0931. The fourth-order valence-corrected chi connectivity index (χ4v) is 0. The van der Waals surface area contributed by atoms with Crippen LogP contribution in [-0.4, -0.2) is 36.6 Å². The second-order valence-electron chi connectivity index (χ2n) is 1.73. The Balaban J connectivity index is 0. The summed E-state index contributed by atoms with van der Waals surface area (Å²) in [4.78, 5) is 11.6. The monoisotopic (exact) mass is 133 g/mol. The highest BCUT2D eigenvalue weighted by molar-refractivity contribution is 5.72. The first kappa shape index (κ1) is 11.3. The summed E-state index contributed by atoms with van der Waals surface area (Å²) in [7, 11) is 3.45. The Morgan fingerprint density at radius 2 is 1.67 bits per heavy atom. The average Bonchev–Trinajstić information content (AvgIpc) is 1.68. The fraction of sp³-hybridized carbons (Fsp3) is 0.833. The van der Waals surface area contributed by atoms with Crippen LogP contribution in [0.1, 0.15) is 13.8 Å². The molecule has 0 saturated heterocycles. The minimum Gasteiger partial charge on any atom is -0.397 e. The zero-order valence-electron chi connectivity index (χ0n) is 6.51. The highest BCUT2D eigenvalue weighted by Crippen LogP contribution is 1.69. The summed E-state index contributed by atoms with van der Waals surface area (Å²) in [5, 5.41) is 7.57. The third-order valence-electron chi connectivity index (χ3n) is 0.630. The van der Waals surface area contributed by atoms with E-state index in [0.29, 0.717) is 0 Å². The van der Waals surface area contributed by atoms with E-state index in [1.165, 1.54) is 11.8 Å². The van der Waals surface area contributed by atoms with Crippen LogP contribution in [0, 0.1) is 0 Å². The number of hydrogen-bond acceptors (Lipinski definition) is 2. The summed E-state index contributed by atoms with van der Waals surface area (Å²) < 4.78 is 0. The van der Waals surface area contributed by atoms with Gasteiger partial charge in [-0.15, -0.1) is 0 Å². The topological polar surface area (TPSA) is 40.5 Å². The van der Waals surface area contributed by atoms with E-state index in [2.05, 4.69) is 0 Å². The molecule has 0 saturated carbocycles. The third kappa shape index (κ3) is 18.6. The molecule has 0 aliphatic heterocycles. The molecule has 0 bridgehead atoms. The Morgan fingerprint density at radius 1 is 1.56 bits per heavy atom. The van der Waals surface area contributed by atoms with Gasteiger partial charge in [0.2, 0.25) is 5.91 Å². The number of aliphatic hydroxyl groups excluding tert-OH is 1. The molecule has 0 aliphatic rings. The maximum atomic E-state index is 10.1. The normalized spacial score (nSPS) is 7.22. The van der Waals surface area contributed by atoms with E-state index in [1.807, 2.05) is 0 Å². The number of amides is 1. The molecule has 0 aromatic carbocycles. The SMILES string of the molecule is CC(=O)N(C)C.CCO. The zero-order chi connectivity index (χ0) is 7.86. The average molecular weight is 133 g/mol. The van der Waals surface area contributed by atoms with Crippen LogP contribution in [0.5, 0.6) is 0 Å². The molecule has 0 aliphatic carbocycles. The van der Waals surface area contributed by atoms with Crippen molar-refractivity contribution >= 4 is 5.91 Å². The van der Waals surface area contributed by atoms with Crippen LogP contribution in [-0.2, 0) is 4.79 Å². The Kier molecular flexibility index (Phi) is 9.29. The molecule has 56 valence electrons. The molecule has 0 radical (unpaired) electrons. The van der Waals surface area contributed by atoms with Crippen molar-refractivity contribution < 1.29 is 9.90 Å². The number of carbonyl (C=O) groups is 1. The molecule has 0 heterocycles. The van der Waals surface area contributed by atoms with Gasteiger partial charge in [-0.3, -0.25) is 4.79 Å². The lowest BCUT2D eigenvalue weighted by Crippen LogP contribution is -2.17. The van der Waals surface area contributed by atoms with E-state index in [0.717, 1.165) is 0 Å². The van der Waals surface area contributed by atoms with Crippen molar-refractivity contribution in [2.24, 2.45) is 0 Å². The number of rotatable bonds is 0. The lowest BCUT2D eigenvalue weighted by molar-refractivity contribution is -0.126. The largest absolute Gasteiger partial charge is 0.397 e. The number of carbonyl (C=O) groups excluding carboxylic acids is 1. The van der Waals surface area contributed by atoms with E-state index in [9.17, 15) is 4.79 Å². The molecule has 0 fully saturated rings. The molecule has 1 amide bonds. The Hall–Kier alpha value is -0.570. The molecule has 0 rings (SSSR count). The summed E-state index contributed by atoms with van der Waals surface area (Å²) in [6, 6.07) is 0. The van der Waals surface area contributed by atoms with Gasteiger partial charge in [0.15, 0.2) is 0 Å². The molecule has 3 nitrogen and oxygen atoms in total. The van der Waals surface area contributed by atoms with Crippen molar-refractivity contribution in [3.05, 3.63) is 0 Å². The van der Waals surface area contributed by atoms with Gasteiger partial charge in [0, 0.05) is 27.6 Å². The van der Waals surface area contributed by atoms with Gasteiger partial charge in [-0.25, -0.2) is 0 Å². The van der Waals surface area contributed by atoms with Gasteiger partial charge < -0.3 is 10.0 Å². The minimum atomic E-state index is 0.0926. The van der Waals surface area contributed by atoms with E-state index in [-0.39, 0.29) is 12.5 Å². The van der Waals surface area contributed by atoms with Crippen LogP contribution in [0.2, 0.25) is 0 Å². The summed E-state index contributed by atoms with van der Waals surface area (Å²) in [5.74, 6) is 0.0926. The van der Waals surface area contributed by atoms with Gasteiger partial charge in [-0.1, -0.05) is 0 Å². The third-order valence-corrected chi connectivity index (χ3v) is 0.630. The van der Waals surface area contributed by atoms with Crippen molar-refractivity contribution in [2.75, 3.05) is 20.7 Å². The molecular formula is C6H15NO2. The van der Waals surface area contributed by atoms with Crippen molar-refractivity contribution in [3.63, 3.8) is 0 Å². The van der Waals surface area contributed by atoms with Crippen LogP contribution >= 0.6 is 0 Å². The van der Waals surface area contributed by atoms with Gasteiger partial charge in [-0.2, -0.15) is 0 Å². The van der Waals surface area contributed by atoms with E-state index >= 15 is 0 Å². The lowest BCUT2D eigenvalue weighted by Gasteiger charge is -2.02. The van der Waals surface area contributed by atoms with Gasteiger partial charge in [0.1, 0.15) is 0 Å². The second-order valence-corrected chi connectivity index (χ2v) is 1.73. The van der Waals surface area contributed by atoms with E-state index in [4.69, 9.17) is 5.11 Å². The highest BCUT2D eigenvalue weighted by Gasteiger charge is 1.87. The van der Waals surface area contributed by atoms with Crippen molar-refractivity contribution in [1.82, 2.24) is 4.90 Å². The summed E-state index contributed by atoms with van der Waals surface area (Å²) in [5.41, 5.74) is 0. The molecule has 0 unspecified atom stereocenters. The number of aliphatic hydroxyl groups is 1. The number of nitrogens with zero attached hydrogens (tertiary/aromatic N) is 1. The lowest BCUT2D eigenvalue weighted by atomic mass is 10.7. The van der Waals surface area contributed by atoms with Crippen LogP contribution in [0.15, 0.2) is 0 Å². The first-order chi connectivity index (χ1) is 4.06. The first-order valence-corrected chi connectivity index (χ1v) is 2.85.